The third kappa shape index (κ3) is 1.99. The lowest BCUT2D eigenvalue weighted by Crippen LogP contribution is -2.47. The molecule has 3 aromatic carbocycles. The van der Waals surface area contributed by atoms with Gasteiger partial charge in [0, 0.05) is 35.9 Å². The van der Waals surface area contributed by atoms with Gasteiger partial charge in [0.25, 0.3) is 5.56 Å². The number of nitrogens with zero attached hydrogens (tertiary/aromatic N) is 1. The predicted octanol–water partition coefficient (Wildman–Crippen LogP) is 4.39. The van der Waals surface area contributed by atoms with Crippen molar-refractivity contribution in [2.24, 2.45) is 5.41 Å². The summed E-state index contributed by atoms with van der Waals surface area (Å²) in [7, 11) is 0. The molecule has 1 fully saturated rings. The van der Waals surface area contributed by atoms with Crippen LogP contribution >= 0.6 is 0 Å². The molecular weight excluding hydrogens is 374 g/mol. The van der Waals surface area contributed by atoms with Gasteiger partial charge in [-0.3, -0.25) is 14.2 Å². The highest BCUT2D eigenvalue weighted by Gasteiger charge is 2.63. The van der Waals surface area contributed by atoms with Gasteiger partial charge >= 0.3 is 0 Å². The molecule has 2 atom stereocenters. The molecule has 30 heavy (non-hydrogen) atoms. The number of pyridine rings is 1. The second-order valence-electron chi connectivity index (χ2n) is 8.82. The van der Waals surface area contributed by atoms with Gasteiger partial charge in [-0.25, -0.2) is 0 Å². The Hall–Kier alpha value is -3.24. The normalized spacial score (nSPS) is 25.1. The number of carbonyl (C=O) groups excluding carboxylic acids is 1. The van der Waals surface area contributed by atoms with Gasteiger partial charge in [0.05, 0.1) is 5.41 Å². The van der Waals surface area contributed by atoms with Crippen LogP contribution in [0.2, 0.25) is 0 Å². The summed E-state index contributed by atoms with van der Waals surface area (Å²) in [6.45, 7) is 1.81. The summed E-state index contributed by atoms with van der Waals surface area (Å²) in [6, 6.07) is 21.9. The first-order chi connectivity index (χ1) is 14.4. The molecule has 1 aliphatic carbocycles. The molecule has 2 aliphatic rings. The smallest absolute Gasteiger partial charge is 0.261 e. The number of benzene rings is 3. The molecule has 0 bridgehead atoms. The van der Waals surface area contributed by atoms with E-state index in [1.165, 1.54) is 4.57 Å². The van der Waals surface area contributed by atoms with Crippen LogP contribution < -0.4 is 5.56 Å². The maximum Gasteiger partial charge on any atom is 0.261 e. The minimum Gasteiger partial charge on any atom is -0.369 e. The summed E-state index contributed by atoms with van der Waals surface area (Å²) >= 11 is 0. The summed E-state index contributed by atoms with van der Waals surface area (Å²) in [5.74, 6) is 0.0290. The number of aromatic nitrogens is 1. The average molecular weight is 395 g/mol. The van der Waals surface area contributed by atoms with Crippen LogP contribution in [0.1, 0.15) is 25.5 Å². The summed E-state index contributed by atoms with van der Waals surface area (Å²) in [4.78, 5) is 26.6. The van der Waals surface area contributed by atoms with E-state index in [0.717, 1.165) is 33.0 Å². The zero-order valence-electron chi connectivity index (χ0n) is 16.7. The fourth-order valence-corrected chi connectivity index (χ4v) is 5.62. The highest BCUT2D eigenvalue weighted by atomic mass is 16.3. The Morgan fingerprint density at radius 1 is 0.900 bits per heavy atom. The standard InChI is InChI=1S/C26H21NO3/c1-25-15-21-23(16-7-3-2-4-8-16)19-13-17-9-5-6-10-18(17)14-20(19)24(29)27(21)26(25,30)12-11-22(25)28/h2-10,13-14,30H,11-12,15H2,1H3/t25-,26-/m0/s1. The molecule has 4 heteroatoms. The molecular formula is C26H21NO3. The quantitative estimate of drug-likeness (QED) is 0.486. The SMILES string of the molecule is C[C@@]12Cc3c(-c4ccccc4)c4cc5ccccc5cc4c(=O)n3[C@]1(O)CCC2=O. The Labute approximate surface area is 173 Å². The molecule has 2 heterocycles. The van der Waals surface area contributed by atoms with Crippen LogP contribution in [-0.2, 0) is 16.9 Å². The maximum atomic E-state index is 13.7. The summed E-state index contributed by atoms with van der Waals surface area (Å²) < 4.78 is 1.54. The Kier molecular flexibility index (Phi) is 3.33. The van der Waals surface area contributed by atoms with E-state index in [0.29, 0.717) is 18.2 Å². The van der Waals surface area contributed by atoms with Gasteiger partial charge in [-0.1, -0.05) is 54.6 Å². The topological polar surface area (TPSA) is 59.3 Å². The highest BCUT2D eigenvalue weighted by Crippen LogP contribution is 2.55. The first kappa shape index (κ1) is 17.6. The summed E-state index contributed by atoms with van der Waals surface area (Å²) in [5, 5.41) is 15.2. The van der Waals surface area contributed by atoms with Crippen molar-refractivity contribution in [2.75, 3.05) is 0 Å². The van der Waals surface area contributed by atoms with Crippen molar-refractivity contribution in [2.45, 2.75) is 31.9 Å². The third-order valence-electron chi connectivity index (χ3n) is 7.30. The second-order valence-corrected chi connectivity index (χ2v) is 8.82. The van der Waals surface area contributed by atoms with Crippen molar-refractivity contribution >= 4 is 27.3 Å². The number of ketones is 1. The molecule has 1 N–H and O–H groups in total. The van der Waals surface area contributed by atoms with E-state index in [4.69, 9.17) is 0 Å². The second kappa shape index (κ2) is 5.67. The van der Waals surface area contributed by atoms with E-state index in [1.54, 1.807) is 0 Å². The molecule has 148 valence electrons. The minimum atomic E-state index is -1.47. The average Bonchev–Trinajstić information content (AvgIpc) is 3.13. The van der Waals surface area contributed by atoms with Crippen LogP contribution in [0.4, 0.5) is 0 Å². The van der Waals surface area contributed by atoms with Gasteiger partial charge in [-0.2, -0.15) is 0 Å². The predicted molar refractivity (Wildman–Crippen MR) is 117 cm³/mol. The van der Waals surface area contributed by atoms with E-state index in [2.05, 4.69) is 6.07 Å². The van der Waals surface area contributed by atoms with Crippen LogP contribution in [0.3, 0.4) is 0 Å². The summed E-state index contributed by atoms with van der Waals surface area (Å²) in [6.07, 6.45) is 0.947. The van der Waals surface area contributed by atoms with Gasteiger partial charge in [-0.15, -0.1) is 0 Å². The fraction of sp³-hybridized carbons (Fsp3) is 0.231. The molecule has 0 amide bonds. The van der Waals surface area contributed by atoms with Gasteiger partial charge < -0.3 is 5.11 Å². The van der Waals surface area contributed by atoms with Crippen molar-refractivity contribution in [3.8, 4) is 11.1 Å². The molecule has 1 aliphatic heterocycles. The Morgan fingerprint density at radius 3 is 2.23 bits per heavy atom. The number of hydrogen-bond acceptors (Lipinski definition) is 3. The Balaban J connectivity index is 1.83. The van der Waals surface area contributed by atoms with Gasteiger partial charge in [0.2, 0.25) is 0 Å². The van der Waals surface area contributed by atoms with E-state index in [1.807, 2.05) is 67.6 Å². The number of Topliss-reactive ketones (excluding diaryl/α,β-unsaturated/α-hetero) is 1. The van der Waals surface area contributed by atoms with Crippen LogP contribution in [0.25, 0.3) is 32.7 Å². The monoisotopic (exact) mass is 395 g/mol. The lowest BCUT2D eigenvalue weighted by molar-refractivity contribution is -0.142. The van der Waals surface area contributed by atoms with Gasteiger partial charge in [0.15, 0.2) is 5.72 Å². The molecule has 1 saturated carbocycles. The maximum absolute atomic E-state index is 13.7. The first-order valence-electron chi connectivity index (χ1n) is 10.4. The van der Waals surface area contributed by atoms with Gasteiger partial charge in [-0.05, 0) is 40.8 Å². The third-order valence-corrected chi connectivity index (χ3v) is 7.30. The molecule has 0 radical (unpaired) electrons. The number of carbonyl (C=O) groups is 1. The van der Waals surface area contributed by atoms with E-state index in [-0.39, 0.29) is 17.8 Å². The van der Waals surface area contributed by atoms with Crippen molar-refractivity contribution < 1.29 is 9.90 Å². The molecule has 6 rings (SSSR count). The van der Waals surface area contributed by atoms with E-state index >= 15 is 0 Å². The Bertz CT molecular complexity index is 1440. The first-order valence-corrected chi connectivity index (χ1v) is 10.4. The van der Waals surface area contributed by atoms with Crippen LogP contribution in [0, 0.1) is 5.41 Å². The van der Waals surface area contributed by atoms with Crippen LogP contribution in [-0.4, -0.2) is 15.5 Å². The molecule has 4 aromatic rings. The summed E-state index contributed by atoms with van der Waals surface area (Å²) in [5.41, 5.74) is 0.0201. The van der Waals surface area contributed by atoms with Crippen molar-refractivity contribution in [3.63, 3.8) is 0 Å². The molecule has 4 nitrogen and oxygen atoms in total. The van der Waals surface area contributed by atoms with Gasteiger partial charge in [0.1, 0.15) is 5.78 Å². The zero-order valence-corrected chi connectivity index (χ0v) is 16.7. The van der Waals surface area contributed by atoms with Crippen molar-refractivity contribution in [3.05, 3.63) is 82.8 Å². The number of rotatable bonds is 1. The molecule has 0 spiro atoms. The van der Waals surface area contributed by atoms with E-state index < -0.39 is 11.1 Å². The zero-order chi connectivity index (χ0) is 20.7. The number of fused-ring (bicyclic) bond motifs is 5. The number of aliphatic hydroxyl groups is 1. The largest absolute Gasteiger partial charge is 0.369 e. The highest BCUT2D eigenvalue weighted by molar-refractivity contribution is 6.06. The van der Waals surface area contributed by atoms with Crippen molar-refractivity contribution in [1.29, 1.82) is 0 Å². The lowest BCUT2D eigenvalue weighted by atomic mass is 9.79. The molecule has 0 unspecified atom stereocenters. The molecule has 0 saturated heterocycles. The fourth-order valence-electron chi connectivity index (χ4n) is 5.62. The van der Waals surface area contributed by atoms with Crippen molar-refractivity contribution in [1.82, 2.24) is 4.57 Å². The lowest BCUT2D eigenvalue weighted by Gasteiger charge is -2.32. The van der Waals surface area contributed by atoms with E-state index in [9.17, 15) is 14.7 Å². The van der Waals surface area contributed by atoms with Crippen LogP contribution in [0.15, 0.2) is 71.5 Å². The Morgan fingerprint density at radius 2 is 1.53 bits per heavy atom. The molecule has 1 aromatic heterocycles. The van der Waals surface area contributed by atoms with Crippen LogP contribution in [0.5, 0.6) is 0 Å². The minimum absolute atomic E-state index is 0.0290. The number of hydrogen-bond donors (Lipinski definition) is 1.